The largest absolute Gasteiger partial charge is 0.391 e. The molecule has 3 atom stereocenters. The minimum Gasteiger partial charge on any atom is -0.391 e. The van der Waals surface area contributed by atoms with Crippen molar-refractivity contribution in [2.24, 2.45) is 0 Å². The average Bonchev–Trinajstić information content (AvgIpc) is 3.03. The summed E-state index contributed by atoms with van der Waals surface area (Å²) in [6.07, 6.45) is 3.49. The van der Waals surface area contributed by atoms with E-state index in [0.717, 1.165) is 25.8 Å². The summed E-state index contributed by atoms with van der Waals surface area (Å²) in [6.45, 7) is 1.32. The second-order valence-electron chi connectivity index (χ2n) is 6.54. The quantitative estimate of drug-likeness (QED) is 0.924. The molecule has 1 saturated heterocycles. The molecule has 3 rings (SSSR count). The van der Waals surface area contributed by atoms with Crippen LogP contribution in [0.4, 0.5) is 0 Å². The Hall–Kier alpha value is -0.910. The van der Waals surface area contributed by atoms with Gasteiger partial charge in [-0.1, -0.05) is 0 Å². The maximum Gasteiger partial charge on any atom is 0.230 e. The molecule has 0 aromatic carbocycles. The van der Waals surface area contributed by atoms with Gasteiger partial charge in [-0.3, -0.25) is 4.79 Å². The Kier molecular flexibility index (Phi) is 4.33. The van der Waals surface area contributed by atoms with Crippen LogP contribution in [0.15, 0.2) is 11.4 Å². The Labute approximate surface area is 130 Å². The highest BCUT2D eigenvalue weighted by molar-refractivity contribution is 7.10. The monoisotopic (exact) mass is 308 g/mol. The van der Waals surface area contributed by atoms with E-state index in [-0.39, 0.29) is 24.0 Å². The van der Waals surface area contributed by atoms with Crippen LogP contribution in [-0.2, 0) is 11.2 Å². The Bertz CT molecular complexity index is 514. The summed E-state index contributed by atoms with van der Waals surface area (Å²) in [4.78, 5) is 18.4. The van der Waals surface area contributed by atoms with Gasteiger partial charge in [-0.05, 0) is 56.8 Å². The van der Waals surface area contributed by atoms with Crippen LogP contribution in [0.5, 0.6) is 0 Å². The number of aliphatic hydroxyl groups is 1. The number of rotatable bonds is 3. The van der Waals surface area contributed by atoms with Gasteiger partial charge in [-0.25, -0.2) is 0 Å². The molecule has 3 unspecified atom stereocenters. The van der Waals surface area contributed by atoms with Crippen molar-refractivity contribution in [1.29, 1.82) is 0 Å². The summed E-state index contributed by atoms with van der Waals surface area (Å²) in [6, 6.07) is 2.27. The number of carbonyl (C=O) groups excluding carboxylic acids is 1. The molecule has 0 spiro atoms. The molecule has 1 fully saturated rings. The molecule has 2 aliphatic rings. The lowest BCUT2D eigenvalue weighted by Gasteiger charge is -2.32. The zero-order chi connectivity index (χ0) is 15.0. The van der Waals surface area contributed by atoms with E-state index in [0.29, 0.717) is 13.0 Å². The van der Waals surface area contributed by atoms with Crippen molar-refractivity contribution in [3.05, 3.63) is 21.9 Å². The van der Waals surface area contributed by atoms with E-state index >= 15 is 0 Å². The molecule has 1 aliphatic heterocycles. The normalized spacial score (nSPS) is 29.0. The molecule has 1 amide bonds. The summed E-state index contributed by atoms with van der Waals surface area (Å²) >= 11 is 1.77. The predicted octanol–water partition coefficient (Wildman–Crippen LogP) is 1.69. The standard InChI is InChI=1S/C16H24N2O2S/c1-17(2)9-11-8-12(19)10-18(11)16(20)14-4-3-5-15-13(14)6-7-21-15/h6-7,11-12,14,19H,3-5,8-10H2,1-2H3. The highest BCUT2D eigenvalue weighted by Crippen LogP contribution is 2.37. The van der Waals surface area contributed by atoms with Crippen LogP contribution < -0.4 is 0 Å². The third-order valence-electron chi connectivity index (χ3n) is 4.60. The predicted molar refractivity (Wildman–Crippen MR) is 84.7 cm³/mol. The average molecular weight is 308 g/mol. The summed E-state index contributed by atoms with van der Waals surface area (Å²) < 4.78 is 0. The number of likely N-dealkylation sites (N-methyl/N-ethyl adjacent to an activating group) is 1. The van der Waals surface area contributed by atoms with Crippen molar-refractivity contribution in [2.75, 3.05) is 27.2 Å². The maximum absolute atomic E-state index is 13.0. The van der Waals surface area contributed by atoms with Gasteiger partial charge in [-0.15, -0.1) is 11.3 Å². The van der Waals surface area contributed by atoms with Crippen molar-refractivity contribution in [2.45, 2.75) is 43.7 Å². The first kappa shape index (κ1) is 15.0. The third-order valence-corrected chi connectivity index (χ3v) is 5.60. The van der Waals surface area contributed by atoms with Gasteiger partial charge in [0.1, 0.15) is 0 Å². The number of likely N-dealkylation sites (tertiary alicyclic amines) is 1. The zero-order valence-electron chi connectivity index (χ0n) is 12.8. The Morgan fingerprint density at radius 3 is 3.10 bits per heavy atom. The number of carbonyl (C=O) groups is 1. The molecule has 1 aromatic rings. The van der Waals surface area contributed by atoms with E-state index in [2.05, 4.69) is 16.3 Å². The van der Waals surface area contributed by atoms with Gasteiger partial charge >= 0.3 is 0 Å². The molecule has 5 heteroatoms. The second-order valence-corrected chi connectivity index (χ2v) is 7.54. The van der Waals surface area contributed by atoms with Gasteiger partial charge in [-0.2, -0.15) is 0 Å². The third kappa shape index (κ3) is 3.00. The number of β-amino-alcohol motifs (C(OH)–C–C–N with tert-alkyl or cyclic N) is 1. The number of hydrogen-bond acceptors (Lipinski definition) is 4. The maximum atomic E-state index is 13.0. The first-order valence-corrected chi connectivity index (χ1v) is 8.63. The van der Waals surface area contributed by atoms with Gasteiger partial charge in [0, 0.05) is 24.0 Å². The highest BCUT2D eigenvalue weighted by Gasteiger charge is 2.39. The fourth-order valence-electron chi connectivity index (χ4n) is 3.70. The first-order valence-electron chi connectivity index (χ1n) is 7.75. The number of hydrogen-bond donors (Lipinski definition) is 1. The van der Waals surface area contributed by atoms with Crippen LogP contribution in [0, 0.1) is 0 Å². The summed E-state index contributed by atoms with van der Waals surface area (Å²) in [5, 5.41) is 12.1. The fraction of sp³-hybridized carbons (Fsp3) is 0.688. The molecule has 0 bridgehead atoms. The van der Waals surface area contributed by atoms with E-state index in [1.165, 1.54) is 10.4 Å². The van der Waals surface area contributed by atoms with Crippen molar-refractivity contribution < 1.29 is 9.90 Å². The lowest BCUT2D eigenvalue weighted by Crippen LogP contribution is -2.44. The van der Waals surface area contributed by atoms with Crippen LogP contribution in [0.3, 0.4) is 0 Å². The SMILES string of the molecule is CN(C)CC1CC(O)CN1C(=O)C1CCCc2sccc21. The van der Waals surface area contributed by atoms with Crippen molar-refractivity contribution >= 4 is 17.2 Å². The molecule has 1 N–H and O–H groups in total. The topological polar surface area (TPSA) is 43.8 Å². The molecular formula is C16H24N2O2S. The van der Waals surface area contributed by atoms with E-state index < -0.39 is 0 Å². The molecule has 4 nitrogen and oxygen atoms in total. The van der Waals surface area contributed by atoms with E-state index in [9.17, 15) is 9.90 Å². The van der Waals surface area contributed by atoms with Crippen LogP contribution >= 0.6 is 11.3 Å². The van der Waals surface area contributed by atoms with E-state index in [4.69, 9.17) is 0 Å². The molecule has 1 aromatic heterocycles. The molecule has 1 aliphatic carbocycles. The van der Waals surface area contributed by atoms with Gasteiger partial charge in [0.2, 0.25) is 5.91 Å². The van der Waals surface area contributed by atoms with Gasteiger partial charge < -0.3 is 14.9 Å². The smallest absolute Gasteiger partial charge is 0.230 e. The summed E-state index contributed by atoms with van der Waals surface area (Å²) in [7, 11) is 4.04. The lowest BCUT2D eigenvalue weighted by atomic mass is 9.86. The van der Waals surface area contributed by atoms with E-state index in [1.54, 1.807) is 11.3 Å². The summed E-state index contributed by atoms with van der Waals surface area (Å²) in [5.74, 6) is 0.229. The molecule has 0 radical (unpaired) electrons. The molecule has 0 saturated carbocycles. The Morgan fingerprint density at radius 1 is 1.52 bits per heavy atom. The Morgan fingerprint density at radius 2 is 2.33 bits per heavy atom. The second kappa shape index (κ2) is 6.07. The zero-order valence-corrected chi connectivity index (χ0v) is 13.6. The van der Waals surface area contributed by atoms with Crippen molar-refractivity contribution in [3.63, 3.8) is 0 Å². The molecule has 21 heavy (non-hydrogen) atoms. The van der Waals surface area contributed by atoms with Crippen molar-refractivity contribution in [3.8, 4) is 0 Å². The number of nitrogens with zero attached hydrogens (tertiary/aromatic N) is 2. The minimum absolute atomic E-state index is 0.00922. The number of fused-ring (bicyclic) bond motifs is 1. The van der Waals surface area contributed by atoms with Crippen molar-refractivity contribution in [1.82, 2.24) is 9.80 Å². The van der Waals surface area contributed by atoms with Crippen LogP contribution in [0.25, 0.3) is 0 Å². The number of aryl methyl sites for hydroxylation is 1. The lowest BCUT2D eigenvalue weighted by molar-refractivity contribution is -0.134. The summed E-state index contributed by atoms with van der Waals surface area (Å²) in [5.41, 5.74) is 1.24. The van der Waals surface area contributed by atoms with Crippen LogP contribution in [0.2, 0.25) is 0 Å². The van der Waals surface area contributed by atoms with Crippen LogP contribution in [-0.4, -0.2) is 60.1 Å². The van der Waals surface area contributed by atoms with Crippen LogP contribution in [0.1, 0.15) is 35.6 Å². The van der Waals surface area contributed by atoms with Gasteiger partial charge in [0.05, 0.1) is 12.0 Å². The van der Waals surface area contributed by atoms with Gasteiger partial charge in [0.25, 0.3) is 0 Å². The number of amides is 1. The number of thiophene rings is 1. The Balaban J connectivity index is 1.79. The highest BCUT2D eigenvalue weighted by atomic mass is 32.1. The minimum atomic E-state index is -0.371. The fourth-order valence-corrected chi connectivity index (χ4v) is 4.69. The van der Waals surface area contributed by atoms with Gasteiger partial charge in [0.15, 0.2) is 0 Å². The molecule has 116 valence electrons. The van der Waals surface area contributed by atoms with E-state index in [1.807, 2.05) is 19.0 Å². The first-order chi connectivity index (χ1) is 10.1. The molecular weight excluding hydrogens is 284 g/mol. The number of aliphatic hydroxyl groups excluding tert-OH is 1. The molecule has 2 heterocycles.